The van der Waals surface area contributed by atoms with Crippen molar-refractivity contribution in [1.29, 1.82) is 0 Å². The second-order valence-electron chi connectivity index (χ2n) is 3.64. The Labute approximate surface area is 93.7 Å². The number of likely N-dealkylation sites (N-methyl/N-ethyl adjacent to an activating group) is 1. The fourth-order valence-electron chi connectivity index (χ4n) is 1.59. The van der Waals surface area contributed by atoms with Crippen LogP contribution in [0.5, 0.6) is 0 Å². The van der Waals surface area contributed by atoms with Gasteiger partial charge in [-0.05, 0) is 31.2 Å². The lowest BCUT2D eigenvalue weighted by Gasteiger charge is -2.14. The minimum absolute atomic E-state index is 0.0344. The number of carbonyl (C=O) groups excluding carboxylic acids is 1. The number of hydrogen-bond acceptors (Lipinski definition) is 2. The maximum Gasteiger partial charge on any atom is 0.149 e. The van der Waals surface area contributed by atoms with E-state index in [2.05, 4.69) is 5.32 Å². The molecule has 0 unspecified atom stereocenters. The van der Waals surface area contributed by atoms with Crippen molar-refractivity contribution in [3.05, 3.63) is 35.4 Å². The summed E-state index contributed by atoms with van der Waals surface area (Å²) < 4.78 is 25.8. The monoisotopic (exact) mass is 227 g/mol. The van der Waals surface area contributed by atoms with E-state index in [4.69, 9.17) is 0 Å². The van der Waals surface area contributed by atoms with E-state index < -0.39 is 11.6 Å². The summed E-state index contributed by atoms with van der Waals surface area (Å²) in [5.74, 6) is -1.20. The molecule has 16 heavy (non-hydrogen) atoms. The number of rotatable bonds is 5. The minimum atomic E-state index is -0.617. The van der Waals surface area contributed by atoms with E-state index in [9.17, 15) is 13.6 Å². The van der Waals surface area contributed by atoms with Gasteiger partial charge in [0.15, 0.2) is 0 Å². The number of halogens is 2. The van der Waals surface area contributed by atoms with E-state index in [1.807, 2.05) is 0 Å². The van der Waals surface area contributed by atoms with Crippen molar-refractivity contribution in [2.24, 2.45) is 0 Å². The van der Waals surface area contributed by atoms with Crippen LogP contribution in [0, 0.1) is 11.6 Å². The Bertz CT molecular complexity index is 359. The van der Waals surface area contributed by atoms with Gasteiger partial charge in [0.2, 0.25) is 0 Å². The topological polar surface area (TPSA) is 29.1 Å². The number of benzene rings is 1. The first-order valence-electron chi connectivity index (χ1n) is 5.21. The van der Waals surface area contributed by atoms with E-state index in [0.717, 1.165) is 6.07 Å². The molecule has 0 saturated heterocycles. The predicted molar refractivity (Wildman–Crippen MR) is 58.2 cm³/mol. The van der Waals surface area contributed by atoms with Crippen LogP contribution in [0.15, 0.2) is 18.2 Å². The van der Waals surface area contributed by atoms with Gasteiger partial charge in [0.1, 0.15) is 17.4 Å². The second kappa shape index (κ2) is 5.70. The molecule has 88 valence electrons. The van der Waals surface area contributed by atoms with Gasteiger partial charge >= 0.3 is 0 Å². The number of nitrogens with one attached hydrogen (secondary N) is 1. The summed E-state index contributed by atoms with van der Waals surface area (Å²) in [5.41, 5.74) is 0.485. The van der Waals surface area contributed by atoms with Gasteiger partial charge in [0.25, 0.3) is 0 Å². The van der Waals surface area contributed by atoms with Crippen molar-refractivity contribution in [1.82, 2.24) is 5.32 Å². The van der Waals surface area contributed by atoms with Gasteiger partial charge in [-0.3, -0.25) is 4.79 Å². The van der Waals surface area contributed by atoms with Gasteiger partial charge in [0.05, 0.1) is 6.04 Å². The second-order valence-corrected chi connectivity index (χ2v) is 3.64. The molecule has 0 heterocycles. The van der Waals surface area contributed by atoms with Gasteiger partial charge in [0, 0.05) is 12.5 Å². The molecule has 0 saturated carbocycles. The Morgan fingerprint density at radius 2 is 1.88 bits per heavy atom. The molecule has 0 aliphatic rings. The summed E-state index contributed by atoms with van der Waals surface area (Å²) >= 11 is 0. The molecule has 2 nitrogen and oxygen atoms in total. The highest BCUT2D eigenvalue weighted by Crippen LogP contribution is 2.11. The fourth-order valence-corrected chi connectivity index (χ4v) is 1.59. The molecule has 0 aliphatic carbocycles. The molecule has 0 aliphatic heterocycles. The molecule has 1 atom stereocenters. The lowest BCUT2D eigenvalue weighted by molar-refractivity contribution is -0.120. The molecule has 0 radical (unpaired) electrons. The number of carbonyl (C=O) groups is 1. The lowest BCUT2D eigenvalue weighted by atomic mass is 10.0. The summed E-state index contributed by atoms with van der Waals surface area (Å²) in [7, 11) is 1.66. The zero-order valence-corrected chi connectivity index (χ0v) is 9.39. The van der Waals surface area contributed by atoms with Crippen molar-refractivity contribution in [3.63, 3.8) is 0 Å². The van der Waals surface area contributed by atoms with Crippen molar-refractivity contribution in [2.75, 3.05) is 7.05 Å². The third-order valence-electron chi connectivity index (χ3n) is 2.45. The molecule has 0 aromatic heterocycles. The van der Waals surface area contributed by atoms with Crippen LogP contribution < -0.4 is 5.32 Å². The molecule has 4 heteroatoms. The van der Waals surface area contributed by atoms with Crippen LogP contribution in [0.3, 0.4) is 0 Å². The third kappa shape index (κ3) is 3.38. The van der Waals surface area contributed by atoms with Crippen LogP contribution in [0.25, 0.3) is 0 Å². The van der Waals surface area contributed by atoms with E-state index in [0.29, 0.717) is 18.4 Å². The summed E-state index contributed by atoms with van der Waals surface area (Å²) in [6.07, 6.45) is 0.709. The highest BCUT2D eigenvalue weighted by Gasteiger charge is 2.15. The van der Waals surface area contributed by atoms with E-state index in [-0.39, 0.29) is 11.8 Å². The van der Waals surface area contributed by atoms with Gasteiger partial charge in [-0.2, -0.15) is 0 Å². The fraction of sp³-hybridized carbons (Fsp3) is 0.417. The van der Waals surface area contributed by atoms with Crippen LogP contribution in [0.1, 0.15) is 18.9 Å². The van der Waals surface area contributed by atoms with Crippen LogP contribution >= 0.6 is 0 Å². The van der Waals surface area contributed by atoms with Crippen molar-refractivity contribution < 1.29 is 13.6 Å². The Hall–Kier alpha value is -1.29. The van der Waals surface area contributed by atoms with Crippen molar-refractivity contribution in [3.8, 4) is 0 Å². The Morgan fingerprint density at radius 3 is 2.31 bits per heavy atom. The Morgan fingerprint density at radius 1 is 1.31 bits per heavy atom. The maximum absolute atomic E-state index is 12.9. The molecule has 0 spiro atoms. The molecule has 1 aromatic rings. The Balaban J connectivity index is 2.81. The van der Waals surface area contributed by atoms with Gasteiger partial charge in [-0.15, -0.1) is 0 Å². The van der Waals surface area contributed by atoms with Crippen LogP contribution in [-0.4, -0.2) is 18.9 Å². The first-order chi connectivity index (χ1) is 7.56. The molecule has 0 bridgehead atoms. The smallest absolute Gasteiger partial charge is 0.149 e. The predicted octanol–water partition coefficient (Wildman–Crippen LogP) is 2.07. The summed E-state index contributed by atoms with van der Waals surface area (Å²) in [6.45, 7) is 1.76. The molecule has 1 rings (SSSR count). The van der Waals surface area contributed by atoms with Crippen LogP contribution in [-0.2, 0) is 11.2 Å². The van der Waals surface area contributed by atoms with E-state index in [1.165, 1.54) is 12.1 Å². The number of ketones is 1. The SMILES string of the molecule is CCC(=O)[C@H](Cc1cc(F)cc(F)c1)NC. The number of Topliss-reactive ketones (excluding diaryl/α,β-unsaturated/α-hetero) is 1. The van der Waals surface area contributed by atoms with Gasteiger partial charge in [-0.25, -0.2) is 8.78 Å². The lowest BCUT2D eigenvalue weighted by Crippen LogP contribution is -2.35. The van der Waals surface area contributed by atoms with Crippen molar-refractivity contribution >= 4 is 5.78 Å². The first-order valence-corrected chi connectivity index (χ1v) is 5.21. The van der Waals surface area contributed by atoms with Gasteiger partial charge < -0.3 is 5.32 Å². The Kier molecular flexibility index (Phi) is 4.55. The quantitative estimate of drug-likeness (QED) is 0.834. The molecular formula is C12H15F2NO. The molecule has 0 fully saturated rings. The molecule has 0 amide bonds. The average Bonchev–Trinajstić information content (AvgIpc) is 2.23. The minimum Gasteiger partial charge on any atom is -0.310 e. The zero-order valence-electron chi connectivity index (χ0n) is 9.39. The van der Waals surface area contributed by atoms with E-state index >= 15 is 0 Å². The molecule has 1 N–H and O–H groups in total. The van der Waals surface area contributed by atoms with E-state index in [1.54, 1.807) is 14.0 Å². The zero-order chi connectivity index (χ0) is 12.1. The molecule has 1 aromatic carbocycles. The highest BCUT2D eigenvalue weighted by atomic mass is 19.1. The van der Waals surface area contributed by atoms with Crippen LogP contribution in [0.2, 0.25) is 0 Å². The highest BCUT2D eigenvalue weighted by molar-refractivity contribution is 5.83. The standard InChI is InChI=1S/C12H15F2NO/c1-3-12(16)11(15-2)6-8-4-9(13)7-10(14)5-8/h4-5,7,11,15H,3,6H2,1-2H3/t11-/m0/s1. The van der Waals surface area contributed by atoms with Crippen molar-refractivity contribution in [2.45, 2.75) is 25.8 Å². The molecular weight excluding hydrogens is 212 g/mol. The average molecular weight is 227 g/mol. The van der Waals surface area contributed by atoms with Crippen LogP contribution in [0.4, 0.5) is 8.78 Å². The first kappa shape index (κ1) is 12.8. The maximum atomic E-state index is 12.9. The van der Waals surface area contributed by atoms with Gasteiger partial charge in [-0.1, -0.05) is 6.92 Å². The summed E-state index contributed by atoms with van der Waals surface area (Å²) in [6, 6.07) is 2.93. The summed E-state index contributed by atoms with van der Waals surface area (Å²) in [5, 5.41) is 2.85. The summed E-state index contributed by atoms with van der Waals surface area (Å²) in [4.78, 5) is 11.5. The third-order valence-corrected chi connectivity index (χ3v) is 2.45. The largest absolute Gasteiger partial charge is 0.310 e. The normalized spacial score (nSPS) is 12.5. The number of hydrogen-bond donors (Lipinski definition) is 1.